The summed E-state index contributed by atoms with van der Waals surface area (Å²) in [6, 6.07) is 12.8. The van der Waals surface area contributed by atoms with Gasteiger partial charge in [-0.1, -0.05) is 37.3 Å². The van der Waals surface area contributed by atoms with Crippen LogP contribution in [-0.2, 0) is 24.5 Å². The summed E-state index contributed by atoms with van der Waals surface area (Å²) in [5.41, 5.74) is 0.763. The maximum Gasteiger partial charge on any atom is 0.347 e. The van der Waals surface area contributed by atoms with Crippen LogP contribution in [0.15, 0.2) is 64.3 Å². The Labute approximate surface area is 246 Å². The van der Waals surface area contributed by atoms with Gasteiger partial charge in [0, 0.05) is 37.1 Å². The largest absolute Gasteiger partial charge is 0.483 e. The van der Waals surface area contributed by atoms with Crippen LogP contribution >= 0.6 is 0 Å². The molecule has 1 atom stereocenters. The van der Waals surface area contributed by atoms with Crippen molar-refractivity contribution < 1.29 is 19.1 Å². The molecule has 1 aromatic carbocycles. The minimum absolute atomic E-state index is 0.0281. The molecule has 0 fully saturated rings. The molecule has 1 aliphatic heterocycles. The molecule has 43 heavy (non-hydrogen) atoms. The Morgan fingerprint density at radius 1 is 1.07 bits per heavy atom. The SMILES string of the molecule is CCC(NC(=O)c1cccn2c(=O)[nH]nc12)C(=O)NCc1cc(=O)c(OCc2ccccc2)c2n1CCN(C(C)C)C2=O. The summed E-state index contributed by atoms with van der Waals surface area (Å²) in [6.07, 6.45) is 1.76. The number of carbonyl (C=O) groups excluding carboxylic acids is 3. The molecule has 4 heterocycles. The molecule has 1 unspecified atom stereocenters. The van der Waals surface area contributed by atoms with E-state index in [0.717, 1.165) is 5.56 Å². The summed E-state index contributed by atoms with van der Waals surface area (Å²) in [6.45, 7) is 6.47. The number of pyridine rings is 2. The standard InChI is InChI=1S/C30H33N7O6/c1-4-22(32-27(39)21-11-8-12-37-26(21)33-34-30(37)42)28(40)31-16-20-15-23(38)25(43-17-19-9-6-5-7-10-19)24-29(41)35(18(2)3)13-14-36(20)24/h5-12,15,18,22H,4,13-14,16-17H2,1-3H3,(H,31,40)(H,32,39)(H,34,42). The van der Waals surface area contributed by atoms with Gasteiger partial charge in [-0.2, -0.15) is 5.10 Å². The first-order valence-electron chi connectivity index (χ1n) is 14.1. The van der Waals surface area contributed by atoms with E-state index in [1.807, 2.05) is 44.2 Å². The van der Waals surface area contributed by atoms with E-state index in [0.29, 0.717) is 18.8 Å². The summed E-state index contributed by atoms with van der Waals surface area (Å²) in [7, 11) is 0. The number of aromatic amines is 1. The number of hydrogen-bond acceptors (Lipinski definition) is 7. The lowest BCUT2D eigenvalue weighted by Crippen LogP contribution is -2.48. The van der Waals surface area contributed by atoms with Crippen molar-refractivity contribution in [3.05, 3.63) is 98.0 Å². The zero-order chi connectivity index (χ0) is 30.7. The number of nitrogens with zero attached hydrogens (tertiary/aromatic N) is 4. The summed E-state index contributed by atoms with van der Waals surface area (Å²) < 4.78 is 8.85. The fraction of sp³-hybridized carbons (Fsp3) is 0.333. The second kappa shape index (κ2) is 12.3. The van der Waals surface area contributed by atoms with Crippen LogP contribution in [0.1, 0.15) is 59.3 Å². The Kier molecular flexibility index (Phi) is 8.41. The Morgan fingerprint density at radius 2 is 1.84 bits per heavy atom. The minimum atomic E-state index is -0.905. The molecule has 0 aliphatic carbocycles. The number of amides is 3. The first-order chi connectivity index (χ1) is 20.7. The van der Waals surface area contributed by atoms with Gasteiger partial charge in [0.1, 0.15) is 12.6 Å². The normalized spacial score (nSPS) is 13.6. The summed E-state index contributed by atoms with van der Waals surface area (Å²) in [5, 5.41) is 11.7. The number of carbonyl (C=O) groups is 3. The maximum atomic E-state index is 13.6. The summed E-state index contributed by atoms with van der Waals surface area (Å²) in [5.74, 6) is -1.39. The molecule has 4 aromatic rings. The highest BCUT2D eigenvalue weighted by atomic mass is 16.5. The molecular weight excluding hydrogens is 554 g/mol. The molecule has 0 spiro atoms. The van der Waals surface area contributed by atoms with Crippen molar-refractivity contribution in [1.29, 1.82) is 0 Å². The molecule has 13 nitrogen and oxygen atoms in total. The van der Waals surface area contributed by atoms with Crippen LogP contribution in [-0.4, -0.2) is 60.4 Å². The molecule has 3 N–H and O–H groups in total. The third kappa shape index (κ3) is 5.92. The quantitative estimate of drug-likeness (QED) is 0.253. The van der Waals surface area contributed by atoms with Gasteiger partial charge in [0.25, 0.3) is 11.8 Å². The molecule has 0 saturated carbocycles. The van der Waals surface area contributed by atoms with E-state index >= 15 is 0 Å². The fourth-order valence-electron chi connectivity index (χ4n) is 5.10. The zero-order valence-electron chi connectivity index (χ0n) is 24.1. The van der Waals surface area contributed by atoms with Crippen molar-refractivity contribution in [1.82, 2.24) is 34.7 Å². The van der Waals surface area contributed by atoms with Gasteiger partial charge < -0.3 is 24.8 Å². The number of fused-ring (bicyclic) bond motifs is 2. The molecule has 0 bridgehead atoms. The molecule has 3 aromatic heterocycles. The molecule has 0 saturated heterocycles. The van der Waals surface area contributed by atoms with E-state index < -0.39 is 29.0 Å². The number of benzene rings is 1. The van der Waals surface area contributed by atoms with Crippen LogP contribution in [0.2, 0.25) is 0 Å². The summed E-state index contributed by atoms with van der Waals surface area (Å²) >= 11 is 0. The van der Waals surface area contributed by atoms with Crippen LogP contribution in [0.3, 0.4) is 0 Å². The van der Waals surface area contributed by atoms with Gasteiger partial charge >= 0.3 is 5.69 Å². The molecular formula is C30H33N7O6. The number of hydrogen-bond donors (Lipinski definition) is 3. The molecule has 0 radical (unpaired) electrons. The van der Waals surface area contributed by atoms with Gasteiger partial charge in [0.2, 0.25) is 11.3 Å². The number of aromatic nitrogens is 4. The predicted molar refractivity (Wildman–Crippen MR) is 157 cm³/mol. The predicted octanol–water partition coefficient (Wildman–Crippen LogP) is 1.45. The third-order valence-electron chi connectivity index (χ3n) is 7.39. The van der Waals surface area contributed by atoms with Crippen molar-refractivity contribution in [3.63, 3.8) is 0 Å². The molecule has 3 amide bonds. The lowest BCUT2D eigenvalue weighted by atomic mass is 10.1. The highest BCUT2D eigenvalue weighted by Gasteiger charge is 2.32. The first-order valence-corrected chi connectivity index (χ1v) is 14.1. The number of nitrogens with one attached hydrogen (secondary N) is 3. The van der Waals surface area contributed by atoms with Crippen LogP contribution in [0.25, 0.3) is 5.65 Å². The number of ether oxygens (including phenoxy) is 1. The fourth-order valence-corrected chi connectivity index (χ4v) is 5.10. The van der Waals surface area contributed by atoms with Crippen LogP contribution in [0.4, 0.5) is 0 Å². The Balaban J connectivity index is 1.36. The minimum Gasteiger partial charge on any atom is -0.483 e. The van der Waals surface area contributed by atoms with E-state index in [9.17, 15) is 24.0 Å². The van der Waals surface area contributed by atoms with Gasteiger partial charge in [0.15, 0.2) is 17.1 Å². The first kappa shape index (κ1) is 29.3. The van der Waals surface area contributed by atoms with E-state index in [4.69, 9.17) is 4.74 Å². The second-order valence-electron chi connectivity index (χ2n) is 10.5. The topological polar surface area (TPSA) is 160 Å². The summed E-state index contributed by atoms with van der Waals surface area (Å²) in [4.78, 5) is 66.6. The van der Waals surface area contributed by atoms with Gasteiger partial charge in [-0.05, 0) is 38.0 Å². The third-order valence-corrected chi connectivity index (χ3v) is 7.39. The van der Waals surface area contributed by atoms with Crippen molar-refractivity contribution >= 4 is 23.4 Å². The van der Waals surface area contributed by atoms with Gasteiger partial charge in [0.05, 0.1) is 12.1 Å². The second-order valence-corrected chi connectivity index (χ2v) is 10.5. The van der Waals surface area contributed by atoms with E-state index in [1.165, 1.54) is 28.8 Å². The van der Waals surface area contributed by atoms with Gasteiger partial charge in [-0.15, -0.1) is 0 Å². The van der Waals surface area contributed by atoms with Gasteiger partial charge in [-0.25, -0.2) is 14.3 Å². The molecule has 1 aliphatic rings. The average Bonchev–Trinajstić information content (AvgIpc) is 3.39. The monoisotopic (exact) mass is 587 g/mol. The Morgan fingerprint density at radius 3 is 2.56 bits per heavy atom. The Bertz CT molecular complexity index is 1790. The molecule has 5 rings (SSSR count). The van der Waals surface area contributed by atoms with Crippen molar-refractivity contribution in [2.45, 2.75) is 59.0 Å². The van der Waals surface area contributed by atoms with Crippen molar-refractivity contribution in [2.24, 2.45) is 0 Å². The molecule has 13 heteroatoms. The average molecular weight is 588 g/mol. The van der Waals surface area contributed by atoms with E-state index in [-0.39, 0.29) is 54.2 Å². The van der Waals surface area contributed by atoms with Crippen molar-refractivity contribution in [3.8, 4) is 5.75 Å². The highest BCUT2D eigenvalue weighted by Crippen LogP contribution is 2.24. The van der Waals surface area contributed by atoms with Gasteiger partial charge in [-0.3, -0.25) is 19.2 Å². The number of H-pyrrole nitrogens is 1. The van der Waals surface area contributed by atoms with E-state index in [2.05, 4.69) is 20.8 Å². The maximum absolute atomic E-state index is 13.6. The van der Waals surface area contributed by atoms with Crippen LogP contribution < -0.4 is 26.5 Å². The lowest BCUT2D eigenvalue weighted by molar-refractivity contribution is -0.123. The number of rotatable bonds is 10. The van der Waals surface area contributed by atoms with Crippen LogP contribution in [0.5, 0.6) is 5.75 Å². The van der Waals surface area contributed by atoms with E-state index in [1.54, 1.807) is 16.4 Å². The highest BCUT2D eigenvalue weighted by molar-refractivity contribution is 6.02. The Hall–Kier alpha value is -5.20. The smallest absolute Gasteiger partial charge is 0.347 e. The zero-order valence-corrected chi connectivity index (χ0v) is 24.1. The van der Waals surface area contributed by atoms with Crippen LogP contribution in [0, 0.1) is 0 Å². The molecule has 224 valence electrons. The van der Waals surface area contributed by atoms with Crippen molar-refractivity contribution in [2.75, 3.05) is 6.54 Å². The lowest BCUT2D eigenvalue weighted by Gasteiger charge is -2.35.